The van der Waals surface area contributed by atoms with Crippen LogP contribution >= 0.6 is 0 Å². The van der Waals surface area contributed by atoms with E-state index in [0.29, 0.717) is 6.04 Å². The van der Waals surface area contributed by atoms with Gasteiger partial charge in [-0.2, -0.15) is 0 Å². The van der Waals surface area contributed by atoms with E-state index in [1.54, 1.807) is 0 Å². The van der Waals surface area contributed by atoms with Gasteiger partial charge in [0.25, 0.3) is 0 Å². The van der Waals surface area contributed by atoms with Gasteiger partial charge in [0.15, 0.2) is 0 Å². The molecular weight excluding hydrogens is 272 g/mol. The zero-order valence-corrected chi connectivity index (χ0v) is 13.5. The van der Waals surface area contributed by atoms with Gasteiger partial charge in [-0.1, -0.05) is 6.92 Å². The van der Waals surface area contributed by atoms with Crippen LogP contribution in [0.4, 0.5) is 0 Å². The standard InChI is InChI=1S/C18H26N4/c1-2-12-21-14-11-20-18(21)15-22-13-3-4-17(22)6-5-16-7-9-19-10-8-16/h7-11,14,17H,2-6,12-13,15H2,1H3/t17-/m1/s1. The van der Waals surface area contributed by atoms with E-state index in [1.807, 2.05) is 18.6 Å². The minimum atomic E-state index is 0.694. The Morgan fingerprint density at radius 1 is 1.23 bits per heavy atom. The lowest BCUT2D eigenvalue weighted by Crippen LogP contribution is -2.30. The highest BCUT2D eigenvalue weighted by atomic mass is 15.2. The van der Waals surface area contributed by atoms with Gasteiger partial charge in [-0.15, -0.1) is 0 Å². The van der Waals surface area contributed by atoms with E-state index in [1.165, 1.54) is 37.2 Å². The summed E-state index contributed by atoms with van der Waals surface area (Å²) in [7, 11) is 0. The summed E-state index contributed by atoms with van der Waals surface area (Å²) in [6.07, 6.45) is 14.0. The van der Waals surface area contributed by atoms with E-state index in [0.717, 1.165) is 25.9 Å². The largest absolute Gasteiger partial charge is 0.334 e. The molecule has 3 heterocycles. The van der Waals surface area contributed by atoms with Crippen LogP contribution in [-0.4, -0.2) is 32.0 Å². The van der Waals surface area contributed by atoms with Crippen LogP contribution < -0.4 is 0 Å². The summed E-state index contributed by atoms with van der Waals surface area (Å²) in [5.41, 5.74) is 1.40. The van der Waals surface area contributed by atoms with Crippen LogP contribution in [0.5, 0.6) is 0 Å². The number of imidazole rings is 1. The molecule has 0 N–H and O–H groups in total. The second-order valence-electron chi connectivity index (χ2n) is 6.20. The van der Waals surface area contributed by atoms with Gasteiger partial charge in [0.05, 0.1) is 6.54 Å². The first-order chi connectivity index (χ1) is 10.9. The lowest BCUT2D eigenvalue weighted by atomic mass is 10.0. The SMILES string of the molecule is CCCn1ccnc1CN1CCC[C@@H]1CCc1ccncc1. The molecule has 0 saturated carbocycles. The number of rotatable bonds is 7. The number of hydrogen-bond acceptors (Lipinski definition) is 3. The van der Waals surface area contributed by atoms with Crippen molar-refractivity contribution in [3.8, 4) is 0 Å². The van der Waals surface area contributed by atoms with Crippen molar-refractivity contribution in [2.45, 2.75) is 58.2 Å². The first-order valence-corrected chi connectivity index (χ1v) is 8.49. The van der Waals surface area contributed by atoms with Crippen molar-refractivity contribution in [2.75, 3.05) is 6.54 Å². The summed E-state index contributed by atoms with van der Waals surface area (Å²) in [6, 6.07) is 4.96. The van der Waals surface area contributed by atoms with E-state index in [-0.39, 0.29) is 0 Å². The van der Waals surface area contributed by atoms with Crippen LogP contribution in [0.1, 0.15) is 44.0 Å². The monoisotopic (exact) mass is 298 g/mol. The van der Waals surface area contributed by atoms with Gasteiger partial charge in [-0.25, -0.2) is 4.98 Å². The summed E-state index contributed by atoms with van der Waals surface area (Å²) in [6.45, 7) is 5.50. The van der Waals surface area contributed by atoms with Gasteiger partial charge in [0.1, 0.15) is 5.82 Å². The molecule has 0 aliphatic carbocycles. The number of aromatic nitrogens is 3. The minimum absolute atomic E-state index is 0.694. The van der Waals surface area contributed by atoms with Crippen LogP contribution in [-0.2, 0) is 19.5 Å². The van der Waals surface area contributed by atoms with Crippen molar-refractivity contribution in [1.82, 2.24) is 19.4 Å². The number of pyridine rings is 1. The Kier molecular flexibility index (Phi) is 5.22. The summed E-state index contributed by atoms with van der Waals surface area (Å²) in [4.78, 5) is 11.3. The maximum Gasteiger partial charge on any atom is 0.122 e. The first kappa shape index (κ1) is 15.2. The van der Waals surface area contributed by atoms with E-state index in [2.05, 4.69) is 44.7 Å². The molecule has 0 aromatic carbocycles. The first-order valence-electron chi connectivity index (χ1n) is 8.49. The van der Waals surface area contributed by atoms with Gasteiger partial charge >= 0.3 is 0 Å². The molecule has 0 spiro atoms. The van der Waals surface area contributed by atoms with E-state index in [4.69, 9.17) is 0 Å². The molecule has 1 aliphatic rings. The molecule has 0 radical (unpaired) electrons. The van der Waals surface area contributed by atoms with Crippen LogP contribution in [0, 0.1) is 0 Å². The van der Waals surface area contributed by atoms with Gasteiger partial charge in [0, 0.05) is 37.4 Å². The Morgan fingerprint density at radius 3 is 2.91 bits per heavy atom. The second kappa shape index (κ2) is 7.54. The average Bonchev–Trinajstić information content (AvgIpc) is 3.17. The third kappa shape index (κ3) is 3.74. The normalized spacial score (nSPS) is 18.9. The Bertz CT molecular complexity index is 563. The topological polar surface area (TPSA) is 34.0 Å². The average molecular weight is 298 g/mol. The molecule has 3 rings (SSSR count). The van der Waals surface area contributed by atoms with Crippen molar-refractivity contribution < 1.29 is 0 Å². The van der Waals surface area contributed by atoms with Gasteiger partial charge < -0.3 is 4.57 Å². The lowest BCUT2D eigenvalue weighted by molar-refractivity contribution is 0.226. The van der Waals surface area contributed by atoms with Crippen LogP contribution in [0.2, 0.25) is 0 Å². The quantitative estimate of drug-likeness (QED) is 0.786. The van der Waals surface area contributed by atoms with Crippen LogP contribution in [0.15, 0.2) is 36.9 Å². The molecule has 2 aromatic rings. The van der Waals surface area contributed by atoms with E-state index < -0.39 is 0 Å². The minimum Gasteiger partial charge on any atom is -0.334 e. The fourth-order valence-corrected chi connectivity index (χ4v) is 3.43. The number of nitrogens with zero attached hydrogens (tertiary/aromatic N) is 4. The maximum atomic E-state index is 4.56. The Morgan fingerprint density at radius 2 is 2.09 bits per heavy atom. The van der Waals surface area contributed by atoms with Crippen molar-refractivity contribution in [3.05, 3.63) is 48.3 Å². The summed E-state index contributed by atoms with van der Waals surface area (Å²) >= 11 is 0. The molecule has 22 heavy (non-hydrogen) atoms. The highest BCUT2D eigenvalue weighted by molar-refractivity contribution is 5.10. The summed E-state index contributed by atoms with van der Waals surface area (Å²) < 4.78 is 2.30. The van der Waals surface area contributed by atoms with E-state index in [9.17, 15) is 0 Å². The number of aryl methyl sites for hydroxylation is 2. The molecule has 1 fully saturated rings. The predicted octanol–water partition coefficient (Wildman–Crippen LogP) is 3.29. The molecular formula is C18H26N4. The Hall–Kier alpha value is -1.68. The van der Waals surface area contributed by atoms with Crippen molar-refractivity contribution in [1.29, 1.82) is 0 Å². The molecule has 1 aliphatic heterocycles. The molecule has 4 nitrogen and oxygen atoms in total. The Labute approximate surface area is 133 Å². The third-order valence-corrected chi connectivity index (χ3v) is 4.63. The van der Waals surface area contributed by atoms with Crippen molar-refractivity contribution in [3.63, 3.8) is 0 Å². The molecule has 0 unspecified atom stereocenters. The zero-order chi connectivity index (χ0) is 15.2. The number of hydrogen-bond donors (Lipinski definition) is 0. The van der Waals surface area contributed by atoms with Crippen LogP contribution in [0.25, 0.3) is 0 Å². The molecule has 2 aromatic heterocycles. The van der Waals surface area contributed by atoms with Crippen molar-refractivity contribution >= 4 is 0 Å². The maximum absolute atomic E-state index is 4.56. The molecule has 1 atom stereocenters. The lowest BCUT2D eigenvalue weighted by Gasteiger charge is -2.24. The number of likely N-dealkylation sites (tertiary alicyclic amines) is 1. The zero-order valence-electron chi connectivity index (χ0n) is 13.5. The Balaban J connectivity index is 1.57. The fourth-order valence-electron chi connectivity index (χ4n) is 3.43. The third-order valence-electron chi connectivity index (χ3n) is 4.63. The van der Waals surface area contributed by atoms with Gasteiger partial charge in [0.2, 0.25) is 0 Å². The highest BCUT2D eigenvalue weighted by Crippen LogP contribution is 2.23. The molecule has 4 heteroatoms. The van der Waals surface area contributed by atoms with Crippen LogP contribution in [0.3, 0.4) is 0 Å². The molecule has 0 amide bonds. The second-order valence-corrected chi connectivity index (χ2v) is 6.20. The highest BCUT2D eigenvalue weighted by Gasteiger charge is 2.25. The van der Waals surface area contributed by atoms with Gasteiger partial charge in [-0.05, 0) is 56.3 Å². The smallest absolute Gasteiger partial charge is 0.122 e. The van der Waals surface area contributed by atoms with Gasteiger partial charge in [-0.3, -0.25) is 9.88 Å². The molecule has 0 bridgehead atoms. The molecule has 1 saturated heterocycles. The summed E-state index contributed by atoms with van der Waals surface area (Å²) in [5, 5.41) is 0. The fraction of sp³-hybridized carbons (Fsp3) is 0.556. The van der Waals surface area contributed by atoms with Crippen molar-refractivity contribution in [2.24, 2.45) is 0 Å². The summed E-state index contributed by atoms with van der Waals surface area (Å²) in [5.74, 6) is 1.22. The van der Waals surface area contributed by atoms with E-state index >= 15 is 0 Å². The molecule has 118 valence electrons. The predicted molar refractivity (Wildman–Crippen MR) is 88.5 cm³/mol.